The van der Waals surface area contributed by atoms with Crippen LogP contribution in [0.15, 0.2) is 0 Å². The Morgan fingerprint density at radius 3 is 1.00 bits per heavy atom. The second-order valence-corrected chi connectivity index (χ2v) is 0.577. The van der Waals surface area contributed by atoms with Crippen LogP contribution in [0, 0.1) is 68.6 Å². The van der Waals surface area contributed by atoms with Crippen molar-refractivity contribution < 1.29 is 62.2 Å². The van der Waals surface area contributed by atoms with Crippen LogP contribution in [0.2, 0.25) is 0 Å². The minimum Gasteiger partial charge on any atom is -0.335 e. The molecule has 0 aromatic carbocycles. The predicted molar refractivity (Wildman–Crippen MR) is 15.6 cm³/mol. The van der Waals surface area contributed by atoms with Crippen molar-refractivity contribution in [3.05, 3.63) is 6.42 Å². The molecule has 0 saturated carbocycles. The fourth-order valence-electron chi connectivity index (χ4n) is 0. The van der Waals surface area contributed by atoms with Gasteiger partial charge in [-0.25, -0.2) is 0 Å². The van der Waals surface area contributed by atoms with Gasteiger partial charge in [-0.05, 0) is 0 Å². The Balaban J connectivity index is -0.0000000200. The second kappa shape index (κ2) is 16.5. The molecule has 0 aromatic heterocycles. The van der Waals surface area contributed by atoms with Gasteiger partial charge in [-0.3, -0.25) is 0 Å². The van der Waals surface area contributed by atoms with Gasteiger partial charge in [0.1, 0.15) is 0 Å². The van der Waals surface area contributed by atoms with Gasteiger partial charge in [0.05, 0.1) is 0 Å². The average molecular weight is 519 g/mol. The molecule has 0 nitrogen and oxygen atoms in total. The molecule has 0 amide bonds. The molecule has 0 aliphatic rings. The summed E-state index contributed by atoms with van der Waals surface area (Å²) >= 11 is 0. The van der Waals surface area contributed by atoms with Crippen LogP contribution < -0.4 is 0 Å². The van der Waals surface area contributed by atoms with Crippen LogP contribution in [-0.4, -0.2) is 0 Å². The van der Waals surface area contributed by atoms with E-state index in [-0.39, 0.29) is 62.2 Å². The van der Waals surface area contributed by atoms with Crippen LogP contribution in [0.3, 0.4) is 0 Å². The Bertz CT molecular complexity index is 4.85. The molecule has 0 N–H and O–H groups in total. The Morgan fingerprint density at radius 1 is 1.00 bits per heavy atom. The van der Waals surface area contributed by atoms with Crippen molar-refractivity contribution in [1.29, 1.82) is 0 Å². The maximum absolute atomic E-state index is 2.00. The van der Waals surface area contributed by atoms with E-state index >= 15 is 0 Å². The minimum absolute atomic E-state index is 0. The van der Waals surface area contributed by atoms with E-state index in [1.807, 2.05) is 20.3 Å². The van der Waals surface area contributed by atoms with E-state index in [1.54, 1.807) is 0 Å². The topological polar surface area (TPSA) is 0 Å². The molecule has 28 valence electrons. The van der Waals surface area contributed by atoms with E-state index in [0.29, 0.717) is 0 Å². The van der Waals surface area contributed by atoms with Crippen molar-refractivity contribution in [1.82, 2.24) is 0 Å². The van der Waals surface area contributed by atoms with Gasteiger partial charge in [-0.1, -0.05) is 0 Å². The Morgan fingerprint density at radius 2 is 1.00 bits per heavy atom. The molecule has 0 heterocycles. The van der Waals surface area contributed by atoms with Crippen molar-refractivity contribution in [3.63, 3.8) is 0 Å². The van der Waals surface area contributed by atoms with Crippen LogP contribution in [0.25, 0.3) is 0 Å². The Hall–Kier alpha value is 2.10. The molecule has 5 heavy (non-hydrogen) atoms. The smallest absolute Gasteiger partial charge is 0 e. The summed E-state index contributed by atoms with van der Waals surface area (Å²) in [4.78, 5) is 0. The molecule has 0 aliphatic heterocycles. The van der Waals surface area contributed by atoms with E-state index < -0.39 is 0 Å². The fraction of sp³-hybridized carbons (Fsp3) is 0.667. The molecule has 0 rings (SSSR count). The zero-order chi connectivity index (χ0) is 2.71. The van der Waals surface area contributed by atoms with Crippen molar-refractivity contribution >= 4 is 0 Å². The standard InChI is InChI=1S/C3H7.2U/c1-3-2;;/h3H,1-2H3;;/q-1;;. The third kappa shape index (κ3) is 23.2. The number of hydrogen-bond acceptors (Lipinski definition) is 0. The van der Waals surface area contributed by atoms with Gasteiger partial charge in [0.25, 0.3) is 0 Å². The molecule has 0 bridgehead atoms. The van der Waals surface area contributed by atoms with Gasteiger partial charge in [-0.2, -0.15) is 13.8 Å². The summed E-state index contributed by atoms with van der Waals surface area (Å²) in [5.74, 6) is 0. The monoisotopic (exact) mass is 519 g/mol. The van der Waals surface area contributed by atoms with E-state index in [2.05, 4.69) is 0 Å². The van der Waals surface area contributed by atoms with E-state index in [1.165, 1.54) is 0 Å². The van der Waals surface area contributed by atoms with Gasteiger partial charge < -0.3 is 6.42 Å². The van der Waals surface area contributed by atoms with Gasteiger partial charge in [0.2, 0.25) is 0 Å². The molecule has 0 saturated heterocycles. The van der Waals surface area contributed by atoms with Crippen LogP contribution >= 0.6 is 0 Å². The first-order valence-electron chi connectivity index (χ1n) is 1.15. The zero-order valence-electron chi connectivity index (χ0n) is 3.58. The van der Waals surface area contributed by atoms with Crippen LogP contribution in [-0.2, 0) is 0 Å². The fourth-order valence-corrected chi connectivity index (χ4v) is 0. The first kappa shape index (κ1) is 15.7. The van der Waals surface area contributed by atoms with E-state index in [0.717, 1.165) is 0 Å². The van der Waals surface area contributed by atoms with Gasteiger partial charge in [0, 0.05) is 62.2 Å². The number of rotatable bonds is 0. The Labute approximate surface area is 81.2 Å². The molecule has 0 unspecified atom stereocenters. The van der Waals surface area contributed by atoms with Crippen molar-refractivity contribution in [2.24, 2.45) is 0 Å². The molecule has 0 spiro atoms. The molecule has 0 fully saturated rings. The van der Waals surface area contributed by atoms with Gasteiger partial charge in [-0.15, -0.1) is 0 Å². The normalized spacial score (nSPS) is 3.60. The Kier molecular flexibility index (Phi) is 51.9. The molecule has 0 aromatic rings. The molecule has 0 atom stereocenters. The van der Waals surface area contributed by atoms with E-state index in [9.17, 15) is 0 Å². The third-order valence-electron chi connectivity index (χ3n) is 0. The first-order chi connectivity index (χ1) is 1.41. The summed E-state index contributed by atoms with van der Waals surface area (Å²) in [6.45, 7) is 4.00. The van der Waals surface area contributed by atoms with Crippen LogP contribution in [0.1, 0.15) is 13.8 Å². The van der Waals surface area contributed by atoms with Crippen LogP contribution in [0.5, 0.6) is 0 Å². The van der Waals surface area contributed by atoms with E-state index in [4.69, 9.17) is 0 Å². The third-order valence-corrected chi connectivity index (χ3v) is 0. The molecular weight excluding hydrogens is 512 g/mol. The molecule has 0 aliphatic carbocycles. The van der Waals surface area contributed by atoms with Gasteiger partial charge >= 0.3 is 0 Å². The quantitative estimate of drug-likeness (QED) is 0.423. The second-order valence-electron chi connectivity index (χ2n) is 0.577. The summed E-state index contributed by atoms with van der Waals surface area (Å²) in [6.07, 6.45) is 2.00. The minimum atomic E-state index is 0. The van der Waals surface area contributed by atoms with Crippen molar-refractivity contribution in [2.75, 3.05) is 0 Å². The largest absolute Gasteiger partial charge is 0.335 e. The first-order valence-corrected chi connectivity index (χ1v) is 1.15. The van der Waals surface area contributed by atoms with Crippen LogP contribution in [0.4, 0.5) is 0 Å². The van der Waals surface area contributed by atoms with Gasteiger partial charge in [0.15, 0.2) is 0 Å². The van der Waals surface area contributed by atoms with Crippen molar-refractivity contribution in [2.45, 2.75) is 13.8 Å². The summed E-state index contributed by atoms with van der Waals surface area (Å²) in [7, 11) is 0. The summed E-state index contributed by atoms with van der Waals surface area (Å²) < 4.78 is 0. The summed E-state index contributed by atoms with van der Waals surface area (Å²) in [5.41, 5.74) is 0. The molecular formula is C3H7U2-. The molecule has 2 heteroatoms. The SMILES string of the molecule is C[CH-]C.[U].[U]. The predicted octanol–water partition coefficient (Wildman–Crippen LogP) is 1.23. The zero-order valence-corrected chi connectivity index (χ0v) is 11.9. The maximum atomic E-state index is 2.00. The summed E-state index contributed by atoms with van der Waals surface area (Å²) in [6, 6.07) is 0. The molecule has 0 radical (unpaired) electrons. The number of hydrogen-bond donors (Lipinski definition) is 0. The average Bonchev–Trinajstić information content (AvgIpc) is 0.918. The summed E-state index contributed by atoms with van der Waals surface area (Å²) in [5, 5.41) is 0. The maximum Gasteiger partial charge on any atom is 0 e. The van der Waals surface area contributed by atoms with Crippen molar-refractivity contribution in [3.8, 4) is 0 Å².